The van der Waals surface area contributed by atoms with E-state index in [1.165, 1.54) is 14.2 Å². The van der Waals surface area contributed by atoms with E-state index in [-0.39, 0.29) is 38.4 Å². The summed E-state index contributed by atoms with van der Waals surface area (Å²) in [7, 11) is -1.21. The Morgan fingerprint density at radius 3 is 2.60 bits per heavy atom. The second-order valence-corrected chi connectivity index (χ2v) is 6.26. The molecule has 0 bridgehead atoms. The molecule has 116 valence electrons. The maximum atomic E-state index is 12.2. The first-order valence-electron chi connectivity index (χ1n) is 6.14. The fraction of sp³-hybridized carbons (Fsp3) is 0.818. The van der Waals surface area contributed by atoms with Crippen LogP contribution in [-0.4, -0.2) is 70.4 Å². The van der Waals surface area contributed by atoms with Crippen LogP contribution < -0.4 is 0 Å². The second-order valence-electron chi connectivity index (χ2n) is 4.22. The smallest absolute Gasteiger partial charge is 0.326 e. The van der Waals surface area contributed by atoms with Crippen LogP contribution in [0.1, 0.15) is 12.8 Å². The summed E-state index contributed by atoms with van der Waals surface area (Å²) in [5.41, 5.74) is 0. The third-order valence-electron chi connectivity index (χ3n) is 2.92. The number of ether oxygens (including phenoxy) is 3. The van der Waals surface area contributed by atoms with Crippen molar-refractivity contribution >= 4 is 22.0 Å². The van der Waals surface area contributed by atoms with Gasteiger partial charge in [0.05, 0.1) is 33.2 Å². The van der Waals surface area contributed by atoms with Crippen molar-refractivity contribution in [3.05, 3.63) is 0 Å². The molecule has 1 unspecified atom stereocenters. The number of carbonyl (C=O) groups excluding carboxylic acids is 2. The first kappa shape index (κ1) is 16.9. The first-order valence-corrected chi connectivity index (χ1v) is 7.75. The molecule has 20 heavy (non-hydrogen) atoms. The Bertz CT molecular complexity index is 448. The third-order valence-corrected chi connectivity index (χ3v) is 4.88. The number of hydrogen-bond donors (Lipinski definition) is 0. The average Bonchev–Trinajstić information content (AvgIpc) is 2.46. The topological polar surface area (TPSA) is 99.2 Å². The summed E-state index contributed by atoms with van der Waals surface area (Å²) in [6, 6.07) is -0.961. The number of rotatable bonds is 6. The minimum absolute atomic E-state index is 0.0168. The van der Waals surface area contributed by atoms with Crippen LogP contribution >= 0.6 is 0 Å². The number of esters is 2. The van der Waals surface area contributed by atoms with Gasteiger partial charge in [-0.1, -0.05) is 0 Å². The predicted molar refractivity (Wildman–Crippen MR) is 68.4 cm³/mol. The monoisotopic (exact) mass is 309 g/mol. The zero-order chi connectivity index (χ0) is 15.2. The number of methoxy groups -OCH3 is 2. The molecule has 0 aromatic heterocycles. The van der Waals surface area contributed by atoms with Gasteiger partial charge in [-0.15, -0.1) is 0 Å². The molecular weight excluding hydrogens is 290 g/mol. The zero-order valence-electron chi connectivity index (χ0n) is 11.5. The van der Waals surface area contributed by atoms with E-state index < -0.39 is 28.0 Å². The Morgan fingerprint density at radius 1 is 1.30 bits per heavy atom. The van der Waals surface area contributed by atoms with Crippen LogP contribution in [0, 0.1) is 0 Å². The Balaban J connectivity index is 2.67. The highest BCUT2D eigenvalue weighted by Gasteiger charge is 2.37. The maximum Gasteiger partial charge on any atom is 0.326 e. The van der Waals surface area contributed by atoms with E-state index in [0.717, 1.165) is 4.31 Å². The van der Waals surface area contributed by atoms with Crippen molar-refractivity contribution in [1.82, 2.24) is 4.31 Å². The molecule has 1 atom stereocenters. The quantitative estimate of drug-likeness (QED) is 0.589. The van der Waals surface area contributed by atoms with Crippen molar-refractivity contribution in [3.63, 3.8) is 0 Å². The molecule has 0 radical (unpaired) electrons. The number of nitrogens with zero attached hydrogens (tertiary/aromatic N) is 1. The lowest BCUT2D eigenvalue weighted by atomic mass is 10.3. The van der Waals surface area contributed by atoms with Crippen molar-refractivity contribution in [2.24, 2.45) is 0 Å². The van der Waals surface area contributed by atoms with Gasteiger partial charge in [0, 0.05) is 13.0 Å². The maximum absolute atomic E-state index is 12.2. The fourth-order valence-corrected chi connectivity index (χ4v) is 3.49. The molecule has 1 heterocycles. The molecule has 8 nitrogen and oxygen atoms in total. The van der Waals surface area contributed by atoms with Crippen molar-refractivity contribution in [2.45, 2.75) is 18.9 Å². The van der Waals surface area contributed by atoms with E-state index in [1.54, 1.807) is 0 Å². The van der Waals surface area contributed by atoms with Crippen molar-refractivity contribution in [3.8, 4) is 0 Å². The van der Waals surface area contributed by atoms with Gasteiger partial charge in [0.2, 0.25) is 10.0 Å². The molecule has 1 fully saturated rings. The molecule has 0 aliphatic carbocycles. The van der Waals surface area contributed by atoms with E-state index in [1.807, 2.05) is 0 Å². The van der Waals surface area contributed by atoms with E-state index in [9.17, 15) is 18.0 Å². The van der Waals surface area contributed by atoms with E-state index >= 15 is 0 Å². The fourth-order valence-electron chi connectivity index (χ4n) is 1.86. The van der Waals surface area contributed by atoms with Crippen molar-refractivity contribution < 1.29 is 32.2 Å². The molecule has 0 aromatic rings. The zero-order valence-corrected chi connectivity index (χ0v) is 12.3. The molecule has 9 heteroatoms. The SMILES string of the molecule is COC(=O)CCCS(=O)(=O)N1CCOCC1C(=O)OC. The van der Waals surface area contributed by atoms with Crippen molar-refractivity contribution in [1.29, 1.82) is 0 Å². The summed E-state index contributed by atoms with van der Waals surface area (Å²) < 4.78 is 39.6. The lowest BCUT2D eigenvalue weighted by Gasteiger charge is -2.32. The minimum atomic E-state index is -3.65. The van der Waals surface area contributed by atoms with Crippen LogP contribution in [0.25, 0.3) is 0 Å². The number of carbonyl (C=O) groups is 2. The molecule has 0 spiro atoms. The lowest BCUT2D eigenvalue weighted by Crippen LogP contribution is -2.53. The van der Waals surface area contributed by atoms with Crippen LogP contribution in [0.4, 0.5) is 0 Å². The van der Waals surface area contributed by atoms with Crippen LogP contribution in [0.5, 0.6) is 0 Å². The van der Waals surface area contributed by atoms with Gasteiger partial charge in [-0.2, -0.15) is 4.31 Å². The summed E-state index contributed by atoms with van der Waals surface area (Å²) in [4.78, 5) is 22.5. The van der Waals surface area contributed by atoms with Gasteiger partial charge in [0.15, 0.2) is 0 Å². The normalized spacial score (nSPS) is 20.4. The molecule has 0 aromatic carbocycles. The van der Waals surface area contributed by atoms with Crippen LogP contribution in [0.2, 0.25) is 0 Å². The van der Waals surface area contributed by atoms with Gasteiger partial charge >= 0.3 is 11.9 Å². The highest BCUT2D eigenvalue weighted by molar-refractivity contribution is 7.89. The predicted octanol–water partition coefficient (Wildman–Crippen LogP) is -0.857. The van der Waals surface area contributed by atoms with E-state index in [4.69, 9.17) is 4.74 Å². The van der Waals surface area contributed by atoms with Gasteiger partial charge < -0.3 is 14.2 Å². The molecule has 0 N–H and O–H groups in total. The Hall–Kier alpha value is -1.19. The average molecular weight is 309 g/mol. The van der Waals surface area contributed by atoms with Crippen molar-refractivity contribution in [2.75, 3.05) is 39.7 Å². The van der Waals surface area contributed by atoms with Gasteiger partial charge in [0.1, 0.15) is 6.04 Å². The van der Waals surface area contributed by atoms with Crippen LogP contribution in [-0.2, 0) is 33.8 Å². The summed E-state index contributed by atoms with van der Waals surface area (Å²) >= 11 is 0. The number of hydrogen-bond acceptors (Lipinski definition) is 7. The summed E-state index contributed by atoms with van der Waals surface area (Å²) in [6.07, 6.45) is 0.156. The molecule has 0 saturated carbocycles. The Kier molecular flexibility index (Phi) is 6.37. The van der Waals surface area contributed by atoms with Gasteiger partial charge in [0.25, 0.3) is 0 Å². The van der Waals surface area contributed by atoms with E-state index in [0.29, 0.717) is 0 Å². The highest BCUT2D eigenvalue weighted by atomic mass is 32.2. The molecular formula is C11H19NO7S. The Labute approximate surface area is 118 Å². The summed E-state index contributed by atoms with van der Waals surface area (Å²) in [5.74, 6) is -1.34. The van der Waals surface area contributed by atoms with E-state index in [2.05, 4.69) is 9.47 Å². The number of sulfonamides is 1. The molecule has 1 saturated heterocycles. The molecule has 0 amide bonds. The minimum Gasteiger partial charge on any atom is -0.469 e. The first-order chi connectivity index (χ1) is 9.42. The van der Waals surface area contributed by atoms with Gasteiger partial charge in [-0.25, -0.2) is 8.42 Å². The molecule has 1 aliphatic heterocycles. The largest absolute Gasteiger partial charge is 0.469 e. The lowest BCUT2D eigenvalue weighted by molar-refractivity contribution is -0.149. The summed E-state index contributed by atoms with van der Waals surface area (Å²) in [5, 5.41) is 0. The molecule has 1 rings (SSSR count). The Morgan fingerprint density at radius 2 is 2.00 bits per heavy atom. The summed E-state index contributed by atoms with van der Waals surface area (Å²) in [6.45, 7) is 0.299. The number of morpholine rings is 1. The van der Waals surface area contributed by atoms with Crippen LogP contribution in [0.15, 0.2) is 0 Å². The molecule has 1 aliphatic rings. The second kappa shape index (κ2) is 7.55. The van der Waals surface area contributed by atoms with Gasteiger partial charge in [-0.05, 0) is 6.42 Å². The third kappa shape index (κ3) is 4.43. The standard InChI is InChI=1S/C11H19NO7S/c1-17-10(13)4-3-7-20(15,16)12-5-6-19-8-9(12)11(14)18-2/h9H,3-8H2,1-2H3. The van der Waals surface area contributed by atoms with Gasteiger partial charge in [-0.3, -0.25) is 9.59 Å². The highest BCUT2D eigenvalue weighted by Crippen LogP contribution is 2.15. The van der Waals surface area contributed by atoms with Crippen LogP contribution in [0.3, 0.4) is 0 Å².